The van der Waals surface area contributed by atoms with Crippen LogP contribution in [0.3, 0.4) is 0 Å². The zero-order chi connectivity index (χ0) is 12.5. The molecule has 2 atom stereocenters. The van der Waals surface area contributed by atoms with Crippen LogP contribution in [0.5, 0.6) is 0 Å². The molecule has 4 nitrogen and oxygen atoms in total. The van der Waals surface area contributed by atoms with Crippen molar-refractivity contribution < 1.29 is 0 Å². The zero-order valence-corrected chi connectivity index (χ0v) is 10.7. The van der Waals surface area contributed by atoms with Gasteiger partial charge in [-0.3, -0.25) is 4.68 Å². The molecule has 1 aromatic rings. The van der Waals surface area contributed by atoms with Gasteiger partial charge in [-0.2, -0.15) is 10.4 Å². The molecule has 1 fully saturated rings. The molecule has 17 heavy (non-hydrogen) atoms. The van der Waals surface area contributed by atoms with Gasteiger partial charge in [-0.05, 0) is 32.1 Å². The summed E-state index contributed by atoms with van der Waals surface area (Å²) in [5.74, 6) is 0.273. The first kappa shape index (κ1) is 12.4. The normalized spacial score (nSPS) is 28.2. The van der Waals surface area contributed by atoms with Crippen LogP contribution in [-0.2, 0) is 6.54 Å². The molecular weight excluding hydrogens is 236 g/mol. The van der Waals surface area contributed by atoms with Crippen molar-refractivity contribution >= 4 is 11.6 Å². The average Bonchev–Trinajstić information content (AvgIpc) is 2.84. The van der Waals surface area contributed by atoms with E-state index in [-0.39, 0.29) is 5.92 Å². The predicted octanol–water partition coefficient (Wildman–Crippen LogP) is 2.26. The maximum Gasteiger partial charge on any atom is 0.107 e. The van der Waals surface area contributed by atoms with E-state index in [9.17, 15) is 0 Å². The molecule has 0 bridgehead atoms. The molecule has 0 radical (unpaired) electrons. The van der Waals surface area contributed by atoms with Crippen LogP contribution < -0.4 is 5.73 Å². The second-order valence-electron chi connectivity index (χ2n) is 4.83. The van der Waals surface area contributed by atoms with Gasteiger partial charge in [0.15, 0.2) is 0 Å². The number of halogens is 1. The summed E-state index contributed by atoms with van der Waals surface area (Å²) in [7, 11) is 0. The maximum atomic E-state index is 9.13. The molecule has 1 saturated carbocycles. The second-order valence-corrected chi connectivity index (χ2v) is 5.24. The highest BCUT2D eigenvalue weighted by Gasteiger charge is 2.39. The second kappa shape index (κ2) is 4.67. The Hall–Kier alpha value is -1.05. The Bertz CT molecular complexity index is 448. The Morgan fingerprint density at radius 3 is 3.12 bits per heavy atom. The molecule has 2 rings (SSSR count). The van der Waals surface area contributed by atoms with Crippen molar-refractivity contribution in [3.63, 3.8) is 0 Å². The van der Waals surface area contributed by atoms with Crippen LogP contribution in [0.25, 0.3) is 0 Å². The molecule has 0 amide bonds. The van der Waals surface area contributed by atoms with Gasteiger partial charge in [0.25, 0.3) is 0 Å². The highest BCUT2D eigenvalue weighted by molar-refractivity contribution is 6.31. The Labute approximate surface area is 106 Å². The van der Waals surface area contributed by atoms with E-state index in [0.29, 0.717) is 5.02 Å². The van der Waals surface area contributed by atoms with Crippen molar-refractivity contribution in [1.29, 1.82) is 5.26 Å². The summed E-state index contributed by atoms with van der Waals surface area (Å²) in [5.41, 5.74) is 6.44. The quantitative estimate of drug-likeness (QED) is 0.897. The molecule has 0 aromatic carbocycles. The molecule has 1 aromatic heterocycles. The van der Waals surface area contributed by atoms with E-state index in [4.69, 9.17) is 22.6 Å². The highest BCUT2D eigenvalue weighted by atomic mass is 35.5. The third-order valence-corrected chi connectivity index (χ3v) is 4.18. The van der Waals surface area contributed by atoms with Gasteiger partial charge in [-0.1, -0.05) is 18.0 Å². The molecule has 0 spiro atoms. The molecule has 2 N–H and O–H groups in total. The number of hydrogen-bond donors (Lipinski definition) is 1. The monoisotopic (exact) mass is 252 g/mol. The van der Waals surface area contributed by atoms with Gasteiger partial charge in [0, 0.05) is 6.54 Å². The predicted molar refractivity (Wildman–Crippen MR) is 66.5 cm³/mol. The SMILES string of the molecule is Cc1c(Cl)cnn1CCC1CCCC1(N)C#N. The lowest BCUT2D eigenvalue weighted by molar-refractivity contribution is 0.345. The van der Waals surface area contributed by atoms with Gasteiger partial charge in [-0.15, -0.1) is 0 Å². The van der Waals surface area contributed by atoms with Crippen molar-refractivity contribution in [2.24, 2.45) is 11.7 Å². The summed E-state index contributed by atoms with van der Waals surface area (Å²) in [6, 6.07) is 2.27. The largest absolute Gasteiger partial charge is 0.313 e. The fourth-order valence-electron chi connectivity index (χ4n) is 2.58. The van der Waals surface area contributed by atoms with Crippen molar-refractivity contribution in [3.8, 4) is 6.07 Å². The van der Waals surface area contributed by atoms with Crippen LogP contribution in [0.4, 0.5) is 0 Å². The minimum atomic E-state index is -0.634. The van der Waals surface area contributed by atoms with E-state index in [1.54, 1.807) is 6.20 Å². The van der Waals surface area contributed by atoms with Crippen LogP contribution in [0, 0.1) is 24.2 Å². The zero-order valence-electron chi connectivity index (χ0n) is 9.99. The lowest BCUT2D eigenvalue weighted by Gasteiger charge is -2.23. The number of aromatic nitrogens is 2. The van der Waals surface area contributed by atoms with Gasteiger partial charge in [0.05, 0.1) is 23.0 Å². The van der Waals surface area contributed by atoms with E-state index < -0.39 is 5.54 Å². The smallest absolute Gasteiger partial charge is 0.107 e. The summed E-state index contributed by atoms with van der Waals surface area (Å²) in [5, 5.41) is 14.0. The van der Waals surface area contributed by atoms with Crippen molar-refractivity contribution in [2.45, 2.75) is 44.7 Å². The van der Waals surface area contributed by atoms with E-state index >= 15 is 0 Å². The summed E-state index contributed by atoms with van der Waals surface area (Å²) < 4.78 is 1.89. The lowest BCUT2D eigenvalue weighted by atomic mass is 9.87. The van der Waals surface area contributed by atoms with Gasteiger partial charge >= 0.3 is 0 Å². The van der Waals surface area contributed by atoms with E-state index in [0.717, 1.165) is 37.9 Å². The average molecular weight is 253 g/mol. The first-order valence-corrected chi connectivity index (χ1v) is 6.32. The van der Waals surface area contributed by atoms with Gasteiger partial charge < -0.3 is 5.73 Å². The summed E-state index contributed by atoms with van der Waals surface area (Å²) >= 11 is 5.95. The number of hydrogen-bond acceptors (Lipinski definition) is 3. The van der Waals surface area contributed by atoms with Gasteiger partial charge in [-0.25, -0.2) is 0 Å². The van der Waals surface area contributed by atoms with Crippen LogP contribution in [0.15, 0.2) is 6.20 Å². The number of nitriles is 1. The van der Waals surface area contributed by atoms with Crippen LogP contribution in [0.2, 0.25) is 5.02 Å². The third-order valence-electron chi connectivity index (χ3n) is 3.81. The molecule has 92 valence electrons. The lowest BCUT2D eigenvalue weighted by Crippen LogP contribution is -2.42. The highest BCUT2D eigenvalue weighted by Crippen LogP contribution is 2.35. The molecule has 0 aliphatic heterocycles. The fourth-order valence-corrected chi connectivity index (χ4v) is 2.72. The van der Waals surface area contributed by atoms with Crippen molar-refractivity contribution in [2.75, 3.05) is 0 Å². The molecule has 0 saturated heterocycles. The molecule has 1 aliphatic rings. The van der Waals surface area contributed by atoms with Gasteiger partial charge in [0.1, 0.15) is 5.54 Å². The number of aryl methyl sites for hydroxylation is 1. The Kier molecular flexibility index (Phi) is 3.41. The van der Waals surface area contributed by atoms with Crippen LogP contribution in [-0.4, -0.2) is 15.3 Å². The number of nitrogens with two attached hydrogens (primary N) is 1. The van der Waals surface area contributed by atoms with Gasteiger partial charge in [0.2, 0.25) is 0 Å². The molecule has 1 aliphatic carbocycles. The standard InChI is InChI=1S/C12H17ClN4/c1-9-11(13)7-16-17(9)6-4-10-3-2-5-12(10,15)8-14/h7,10H,2-6,15H2,1H3. The fraction of sp³-hybridized carbons (Fsp3) is 0.667. The first-order chi connectivity index (χ1) is 8.07. The molecular formula is C12H17ClN4. The third kappa shape index (κ3) is 2.31. The number of nitrogens with zero attached hydrogens (tertiary/aromatic N) is 3. The minimum Gasteiger partial charge on any atom is -0.313 e. The maximum absolute atomic E-state index is 9.13. The summed E-state index contributed by atoms with van der Waals surface area (Å²) in [4.78, 5) is 0. The Morgan fingerprint density at radius 2 is 2.53 bits per heavy atom. The summed E-state index contributed by atoms with van der Waals surface area (Å²) in [6.07, 6.45) is 5.45. The summed E-state index contributed by atoms with van der Waals surface area (Å²) in [6.45, 7) is 2.73. The van der Waals surface area contributed by atoms with Crippen LogP contribution in [0.1, 0.15) is 31.4 Å². The van der Waals surface area contributed by atoms with Crippen molar-refractivity contribution in [3.05, 3.63) is 16.9 Å². The minimum absolute atomic E-state index is 0.273. The van der Waals surface area contributed by atoms with E-state index in [1.807, 2.05) is 11.6 Å². The topological polar surface area (TPSA) is 67.6 Å². The molecule has 5 heteroatoms. The molecule has 2 unspecified atom stereocenters. The van der Waals surface area contributed by atoms with Crippen LogP contribution >= 0.6 is 11.6 Å². The Morgan fingerprint density at radius 1 is 1.76 bits per heavy atom. The van der Waals surface area contributed by atoms with E-state index in [2.05, 4.69) is 11.2 Å². The Balaban J connectivity index is 1.99. The van der Waals surface area contributed by atoms with Crippen molar-refractivity contribution in [1.82, 2.24) is 9.78 Å². The van der Waals surface area contributed by atoms with E-state index in [1.165, 1.54) is 0 Å². The molecule has 1 heterocycles. The first-order valence-electron chi connectivity index (χ1n) is 5.95. The number of rotatable bonds is 3.